The Hall–Kier alpha value is -1.33. The zero-order valence-electron chi connectivity index (χ0n) is 8.86. The van der Waals surface area contributed by atoms with Crippen LogP contribution < -0.4 is 0 Å². The van der Waals surface area contributed by atoms with E-state index in [1.807, 2.05) is 20.8 Å². The molecular weight excluding hydrogens is 213 g/mol. The molecule has 78 valence electrons. The fourth-order valence-electron chi connectivity index (χ4n) is 0.781. The first kappa shape index (κ1) is 11.7. The summed E-state index contributed by atoms with van der Waals surface area (Å²) in [5, 5.41) is -0.125. The summed E-state index contributed by atoms with van der Waals surface area (Å²) in [6.45, 7) is 5.87. The predicted molar refractivity (Wildman–Crippen MR) is 60.1 cm³/mol. The van der Waals surface area contributed by atoms with E-state index >= 15 is 0 Å². The molecule has 0 radical (unpaired) electrons. The smallest absolute Gasteiger partial charge is 0.164 e. The van der Waals surface area contributed by atoms with Crippen LogP contribution in [0, 0.1) is 17.7 Å². The molecule has 0 bridgehead atoms. The van der Waals surface area contributed by atoms with E-state index in [9.17, 15) is 4.39 Å². The minimum Gasteiger partial charge on any atom is -0.240 e. The molecule has 3 heteroatoms. The number of rotatable bonds is 0. The quantitative estimate of drug-likeness (QED) is 0.484. The fourth-order valence-corrected chi connectivity index (χ4v) is 0.884. The monoisotopic (exact) mass is 223 g/mol. The molecule has 1 nitrogen and oxygen atoms in total. The van der Waals surface area contributed by atoms with E-state index in [1.54, 1.807) is 0 Å². The molecule has 0 saturated heterocycles. The molecule has 0 spiro atoms. The van der Waals surface area contributed by atoms with Crippen molar-refractivity contribution in [3.05, 3.63) is 39.9 Å². The average Bonchev–Trinajstić information content (AvgIpc) is 2.19. The Bertz CT molecular complexity index is 462. The SMILES string of the molecule is CC(C)=C(C)C#Cc1cnc(Cl)c(F)c1. The molecule has 0 unspecified atom stereocenters. The lowest BCUT2D eigenvalue weighted by molar-refractivity contribution is 0.621. The molecule has 1 aromatic heterocycles. The number of halogens is 2. The lowest BCUT2D eigenvalue weighted by Crippen LogP contribution is -1.85. The van der Waals surface area contributed by atoms with Crippen molar-refractivity contribution in [1.82, 2.24) is 4.98 Å². The standard InChI is InChI=1S/C12H11ClFN/c1-8(2)9(3)4-5-10-6-11(14)12(13)15-7-10/h6-7H,1-3H3. The maximum atomic E-state index is 13.0. The van der Waals surface area contributed by atoms with Gasteiger partial charge in [0.25, 0.3) is 0 Å². The van der Waals surface area contributed by atoms with Crippen molar-refractivity contribution in [1.29, 1.82) is 0 Å². The molecule has 1 rings (SSSR count). The highest BCUT2D eigenvalue weighted by molar-refractivity contribution is 6.29. The van der Waals surface area contributed by atoms with Gasteiger partial charge in [-0.15, -0.1) is 0 Å². The van der Waals surface area contributed by atoms with Crippen molar-refractivity contribution in [2.75, 3.05) is 0 Å². The molecule has 0 atom stereocenters. The summed E-state index contributed by atoms with van der Waals surface area (Å²) in [6, 6.07) is 1.28. The lowest BCUT2D eigenvalue weighted by Gasteiger charge is -1.94. The lowest BCUT2D eigenvalue weighted by atomic mass is 10.1. The highest BCUT2D eigenvalue weighted by atomic mass is 35.5. The van der Waals surface area contributed by atoms with Gasteiger partial charge in [-0.05, 0) is 32.4 Å². The van der Waals surface area contributed by atoms with E-state index in [0.717, 1.165) is 11.1 Å². The minimum atomic E-state index is -0.543. The Balaban J connectivity index is 3.00. The van der Waals surface area contributed by atoms with E-state index in [2.05, 4.69) is 16.8 Å². The molecule has 0 saturated carbocycles. The Morgan fingerprint density at radius 1 is 1.40 bits per heavy atom. The number of pyridine rings is 1. The summed E-state index contributed by atoms with van der Waals surface area (Å²) < 4.78 is 13.0. The fraction of sp³-hybridized carbons (Fsp3) is 0.250. The molecule has 0 amide bonds. The number of allylic oxidation sites excluding steroid dienone is 2. The van der Waals surface area contributed by atoms with Crippen molar-refractivity contribution in [3.8, 4) is 11.8 Å². The number of hydrogen-bond acceptors (Lipinski definition) is 1. The third-order valence-electron chi connectivity index (χ3n) is 1.94. The van der Waals surface area contributed by atoms with Gasteiger partial charge in [-0.25, -0.2) is 9.37 Å². The molecule has 0 fully saturated rings. The summed E-state index contributed by atoms with van der Waals surface area (Å²) in [5.41, 5.74) is 2.65. The largest absolute Gasteiger partial charge is 0.240 e. The van der Waals surface area contributed by atoms with Gasteiger partial charge < -0.3 is 0 Å². The van der Waals surface area contributed by atoms with Gasteiger partial charge in [-0.2, -0.15) is 0 Å². The van der Waals surface area contributed by atoms with Crippen LogP contribution in [0.1, 0.15) is 26.3 Å². The van der Waals surface area contributed by atoms with Crippen molar-refractivity contribution < 1.29 is 4.39 Å². The van der Waals surface area contributed by atoms with Crippen molar-refractivity contribution >= 4 is 11.6 Å². The molecule has 1 aromatic rings. The zero-order chi connectivity index (χ0) is 11.4. The van der Waals surface area contributed by atoms with Crippen LogP contribution in [-0.4, -0.2) is 4.98 Å². The third kappa shape index (κ3) is 3.38. The van der Waals surface area contributed by atoms with Gasteiger partial charge in [0, 0.05) is 11.8 Å². The third-order valence-corrected chi connectivity index (χ3v) is 2.22. The summed E-state index contributed by atoms with van der Waals surface area (Å²) in [4.78, 5) is 3.67. The van der Waals surface area contributed by atoms with Crippen LogP contribution >= 0.6 is 11.6 Å². The van der Waals surface area contributed by atoms with Gasteiger partial charge in [0.1, 0.15) is 0 Å². The van der Waals surface area contributed by atoms with Crippen LogP contribution in [0.15, 0.2) is 23.4 Å². The first-order valence-corrected chi connectivity index (χ1v) is 4.85. The maximum absolute atomic E-state index is 13.0. The average molecular weight is 224 g/mol. The molecule has 0 aliphatic heterocycles. The van der Waals surface area contributed by atoms with Gasteiger partial charge in [0.05, 0.1) is 0 Å². The van der Waals surface area contributed by atoms with Crippen LogP contribution in [0.5, 0.6) is 0 Å². The van der Waals surface area contributed by atoms with Gasteiger partial charge in [0.2, 0.25) is 0 Å². The molecule has 0 aromatic carbocycles. The maximum Gasteiger partial charge on any atom is 0.164 e. The van der Waals surface area contributed by atoms with Crippen LogP contribution in [0.3, 0.4) is 0 Å². The summed E-state index contributed by atoms with van der Waals surface area (Å²) in [6.07, 6.45) is 1.46. The Morgan fingerprint density at radius 3 is 2.60 bits per heavy atom. The normalized spacial score (nSPS) is 9.13. The van der Waals surface area contributed by atoms with E-state index in [4.69, 9.17) is 11.6 Å². The Morgan fingerprint density at radius 2 is 2.07 bits per heavy atom. The van der Waals surface area contributed by atoms with E-state index in [-0.39, 0.29) is 5.15 Å². The van der Waals surface area contributed by atoms with E-state index in [1.165, 1.54) is 12.3 Å². The van der Waals surface area contributed by atoms with Crippen LogP contribution in [-0.2, 0) is 0 Å². The molecule has 0 aliphatic rings. The van der Waals surface area contributed by atoms with Crippen molar-refractivity contribution in [3.63, 3.8) is 0 Å². The Kier molecular flexibility index (Phi) is 3.88. The summed E-state index contributed by atoms with van der Waals surface area (Å²) >= 11 is 5.45. The van der Waals surface area contributed by atoms with Crippen molar-refractivity contribution in [2.24, 2.45) is 0 Å². The minimum absolute atomic E-state index is 0.125. The second-order valence-electron chi connectivity index (χ2n) is 3.37. The van der Waals surface area contributed by atoms with Crippen LogP contribution in [0.2, 0.25) is 5.15 Å². The molecular formula is C12H11ClFN. The second-order valence-corrected chi connectivity index (χ2v) is 3.73. The van der Waals surface area contributed by atoms with Gasteiger partial charge in [-0.1, -0.05) is 29.0 Å². The van der Waals surface area contributed by atoms with Gasteiger partial charge in [0.15, 0.2) is 11.0 Å². The first-order valence-electron chi connectivity index (χ1n) is 4.48. The number of hydrogen-bond donors (Lipinski definition) is 0. The number of aromatic nitrogens is 1. The number of nitrogens with zero attached hydrogens (tertiary/aromatic N) is 1. The van der Waals surface area contributed by atoms with Crippen LogP contribution in [0.25, 0.3) is 0 Å². The topological polar surface area (TPSA) is 12.9 Å². The molecule has 0 N–H and O–H groups in total. The predicted octanol–water partition coefficient (Wildman–Crippen LogP) is 3.58. The van der Waals surface area contributed by atoms with Gasteiger partial charge in [-0.3, -0.25) is 0 Å². The van der Waals surface area contributed by atoms with E-state index in [0.29, 0.717) is 5.56 Å². The van der Waals surface area contributed by atoms with Gasteiger partial charge >= 0.3 is 0 Å². The Labute approximate surface area is 94.0 Å². The molecule has 0 aliphatic carbocycles. The molecule has 15 heavy (non-hydrogen) atoms. The van der Waals surface area contributed by atoms with Crippen molar-refractivity contribution in [2.45, 2.75) is 20.8 Å². The first-order chi connectivity index (χ1) is 7.00. The highest BCUT2D eigenvalue weighted by Gasteiger charge is 1.99. The summed E-state index contributed by atoms with van der Waals surface area (Å²) in [7, 11) is 0. The molecule has 1 heterocycles. The van der Waals surface area contributed by atoms with Crippen LogP contribution in [0.4, 0.5) is 4.39 Å². The van der Waals surface area contributed by atoms with E-state index < -0.39 is 5.82 Å². The zero-order valence-corrected chi connectivity index (χ0v) is 9.61. The highest BCUT2D eigenvalue weighted by Crippen LogP contribution is 2.11. The second kappa shape index (κ2) is 4.95. The summed E-state index contributed by atoms with van der Waals surface area (Å²) in [5.74, 6) is 5.21.